The van der Waals surface area contributed by atoms with Crippen molar-refractivity contribution in [1.82, 2.24) is 4.90 Å². The Morgan fingerprint density at radius 2 is 2.17 bits per heavy atom. The van der Waals surface area contributed by atoms with E-state index in [-0.39, 0.29) is 5.91 Å². The van der Waals surface area contributed by atoms with Crippen molar-refractivity contribution < 1.29 is 4.79 Å². The number of amides is 1. The second-order valence-electron chi connectivity index (χ2n) is 4.37. The van der Waals surface area contributed by atoms with Gasteiger partial charge in [-0.1, -0.05) is 33.6 Å². The molecule has 18 heavy (non-hydrogen) atoms. The normalized spacial score (nSPS) is 15.3. The number of nitrogens with zero attached hydrogens (tertiary/aromatic N) is 1. The number of alkyl halides is 1. The van der Waals surface area contributed by atoms with Gasteiger partial charge in [0.15, 0.2) is 0 Å². The fourth-order valence-electron chi connectivity index (χ4n) is 2.06. The Morgan fingerprint density at radius 3 is 2.72 bits per heavy atom. The Kier molecular flexibility index (Phi) is 5.10. The molecule has 1 saturated carbocycles. The molecule has 0 atom stereocenters. The highest BCUT2D eigenvalue weighted by atomic mass is 79.9. The Hall–Kier alpha value is -0.0600. The summed E-state index contributed by atoms with van der Waals surface area (Å²) in [5.74, 6) is 0.0328. The van der Waals surface area contributed by atoms with Crippen molar-refractivity contribution in [2.45, 2.75) is 25.3 Å². The molecule has 0 N–H and O–H groups in total. The smallest absolute Gasteiger partial charge is 0.255 e. The van der Waals surface area contributed by atoms with Gasteiger partial charge in [0, 0.05) is 22.4 Å². The van der Waals surface area contributed by atoms with E-state index in [4.69, 9.17) is 11.6 Å². The average Bonchev–Trinajstić information content (AvgIpc) is 2.29. The number of carbonyl (C=O) groups excluding carboxylic acids is 1. The van der Waals surface area contributed by atoms with Crippen molar-refractivity contribution in [3.05, 3.63) is 33.3 Å². The number of hydrogen-bond acceptors (Lipinski definition) is 1. The zero-order valence-corrected chi connectivity index (χ0v) is 13.8. The van der Waals surface area contributed by atoms with E-state index in [0.29, 0.717) is 16.6 Å². The molecule has 5 heteroatoms. The van der Waals surface area contributed by atoms with E-state index in [1.54, 1.807) is 6.07 Å². The fourth-order valence-corrected chi connectivity index (χ4v) is 3.02. The summed E-state index contributed by atoms with van der Waals surface area (Å²) in [6.07, 6.45) is 3.41. The first-order valence-corrected chi connectivity index (χ1v) is 8.25. The van der Waals surface area contributed by atoms with Crippen LogP contribution in [0.5, 0.6) is 0 Å². The molecular formula is C13H14Br2ClNO. The lowest BCUT2D eigenvalue weighted by Crippen LogP contribution is -2.45. The summed E-state index contributed by atoms with van der Waals surface area (Å²) >= 11 is 13.0. The highest BCUT2D eigenvalue weighted by Crippen LogP contribution is 2.30. The third kappa shape index (κ3) is 2.91. The van der Waals surface area contributed by atoms with Crippen LogP contribution in [0.2, 0.25) is 5.02 Å². The molecule has 1 fully saturated rings. The van der Waals surface area contributed by atoms with Crippen LogP contribution in [0.15, 0.2) is 22.7 Å². The van der Waals surface area contributed by atoms with Gasteiger partial charge in [-0.15, -0.1) is 0 Å². The molecule has 1 amide bonds. The van der Waals surface area contributed by atoms with E-state index >= 15 is 0 Å². The predicted molar refractivity (Wildman–Crippen MR) is 81.6 cm³/mol. The summed E-state index contributed by atoms with van der Waals surface area (Å²) in [5, 5.41) is 1.29. The van der Waals surface area contributed by atoms with Gasteiger partial charge in [-0.25, -0.2) is 0 Å². The highest BCUT2D eigenvalue weighted by Gasteiger charge is 2.29. The van der Waals surface area contributed by atoms with Crippen LogP contribution in [0.4, 0.5) is 0 Å². The van der Waals surface area contributed by atoms with E-state index in [9.17, 15) is 4.79 Å². The first kappa shape index (κ1) is 14.4. The Morgan fingerprint density at radius 1 is 1.44 bits per heavy atom. The molecular weight excluding hydrogens is 381 g/mol. The van der Waals surface area contributed by atoms with Crippen molar-refractivity contribution >= 4 is 49.4 Å². The van der Waals surface area contributed by atoms with Crippen LogP contribution in [0.1, 0.15) is 29.6 Å². The summed E-state index contributed by atoms with van der Waals surface area (Å²) in [6.45, 7) is 0.729. The SMILES string of the molecule is O=C(c1cccc(Br)c1Cl)N(CCBr)C1CCC1. The first-order valence-electron chi connectivity index (χ1n) is 5.96. The van der Waals surface area contributed by atoms with Gasteiger partial charge in [-0.3, -0.25) is 4.79 Å². The van der Waals surface area contributed by atoms with E-state index in [0.717, 1.165) is 29.2 Å². The van der Waals surface area contributed by atoms with Gasteiger partial charge < -0.3 is 4.90 Å². The zero-order valence-electron chi connectivity index (χ0n) is 9.83. The quantitative estimate of drug-likeness (QED) is 0.688. The summed E-state index contributed by atoms with van der Waals surface area (Å²) in [7, 11) is 0. The average molecular weight is 396 g/mol. The van der Waals surface area contributed by atoms with Crippen LogP contribution in [0.3, 0.4) is 0 Å². The van der Waals surface area contributed by atoms with Crippen molar-refractivity contribution in [2.24, 2.45) is 0 Å². The van der Waals surface area contributed by atoms with E-state index in [2.05, 4.69) is 31.9 Å². The molecule has 0 unspecified atom stereocenters. The summed E-state index contributed by atoms with van der Waals surface area (Å²) in [4.78, 5) is 14.5. The maximum Gasteiger partial charge on any atom is 0.255 e. The molecule has 0 bridgehead atoms. The lowest BCUT2D eigenvalue weighted by atomic mass is 9.91. The van der Waals surface area contributed by atoms with E-state index in [1.165, 1.54) is 6.42 Å². The lowest BCUT2D eigenvalue weighted by Gasteiger charge is -2.37. The van der Waals surface area contributed by atoms with Crippen molar-refractivity contribution in [3.8, 4) is 0 Å². The van der Waals surface area contributed by atoms with Crippen LogP contribution in [0, 0.1) is 0 Å². The Bertz CT molecular complexity index is 449. The zero-order chi connectivity index (χ0) is 13.1. The van der Waals surface area contributed by atoms with Gasteiger partial charge in [-0.05, 0) is 47.3 Å². The van der Waals surface area contributed by atoms with Crippen LogP contribution in [-0.2, 0) is 0 Å². The summed E-state index contributed by atoms with van der Waals surface area (Å²) in [6, 6.07) is 5.85. The third-order valence-corrected chi connectivity index (χ3v) is 4.93. The maximum atomic E-state index is 12.5. The van der Waals surface area contributed by atoms with E-state index < -0.39 is 0 Å². The molecule has 1 aliphatic rings. The number of halogens is 3. The molecule has 2 rings (SSSR count). The largest absolute Gasteiger partial charge is 0.335 e. The molecule has 0 saturated heterocycles. The molecule has 0 radical (unpaired) electrons. The number of rotatable bonds is 4. The van der Waals surface area contributed by atoms with Gasteiger partial charge in [0.2, 0.25) is 0 Å². The minimum atomic E-state index is 0.0328. The second-order valence-corrected chi connectivity index (χ2v) is 6.40. The molecule has 0 heterocycles. The van der Waals surface area contributed by atoms with Crippen LogP contribution in [0.25, 0.3) is 0 Å². The van der Waals surface area contributed by atoms with Crippen LogP contribution < -0.4 is 0 Å². The molecule has 0 aromatic heterocycles. The maximum absolute atomic E-state index is 12.5. The fraction of sp³-hybridized carbons (Fsp3) is 0.462. The van der Waals surface area contributed by atoms with Gasteiger partial charge in [0.05, 0.1) is 10.6 Å². The van der Waals surface area contributed by atoms with E-state index in [1.807, 2.05) is 17.0 Å². The van der Waals surface area contributed by atoms with Gasteiger partial charge in [-0.2, -0.15) is 0 Å². The van der Waals surface area contributed by atoms with Gasteiger partial charge in [0.1, 0.15) is 0 Å². The Balaban J connectivity index is 2.24. The number of benzene rings is 1. The van der Waals surface area contributed by atoms with Crippen molar-refractivity contribution in [1.29, 1.82) is 0 Å². The molecule has 98 valence electrons. The molecule has 1 aliphatic carbocycles. The first-order chi connectivity index (χ1) is 8.65. The van der Waals surface area contributed by atoms with Crippen molar-refractivity contribution in [2.75, 3.05) is 11.9 Å². The third-order valence-electron chi connectivity index (χ3n) is 3.28. The summed E-state index contributed by atoms with van der Waals surface area (Å²) in [5.41, 5.74) is 0.582. The minimum Gasteiger partial charge on any atom is -0.335 e. The Labute approximate surface area is 129 Å². The predicted octanol–water partition coefficient (Wildman–Crippen LogP) is 4.49. The topological polar surface area (TPSA) is 20.3 Å². The lowest BCUT2D eigenvalue weighted by molar-refractivity contribution is 0.0599. The number of carbonyl (C=O) groups is 1. The second kappa shape index (κ2) is 6.40. The van der Waals surface area contributed by atoms with Crippen LogP contribution in [-0.4, -0.2) is 28.7 Å². The minimum absolute atomic E-state index is 0.0328. The van der Waals surface area contributed by atoms with Crippen LogP contribution >= 0.6 is 43.5 Å². The van der Waals surface area contributed by atoms with Crippen molar-refractivity contribution in [3.63, 3.8) is 0 Å². The summed E-state index contributed by atoms with van der Waals surface area (Å²) < 4.78 is 0.766. The monoisotopic (exact) mass is 393 g/mol. The molecule has 0 aliphatic heterocycles. The van der Waals surface area contributed by atoms with Gasteiger partial charge in [0.25, 0.3) is 5.91 Å². The molecule has 2 nitrogen and oxygen atoms in total. The highest BCUT2D eigenvalue weighted by molar-refractivity contribution is 9.10. The number of hydrogen-bond donors (Lipinski definition) is 0. The van der Waals surface area contributed by atoms with Gasteiger partial charge >= 0.3 is 0 Å². The molecule has 1 aromatic rings. The standard InChI is InChI=1S/C13H14Br2ClNO/c14-7-8-17(9-3-1-4-9)13(18)10-5-2-6-11(15)12(10)16/h2,5-6,9H,1,3-4,7-8H2. The molecule has 1 aromatic carbocycles. The molecule has 0 spiro atoms.